The van der Waals surface area contributed by atoms with Crippen molar-refractivity contribution >= 4 is 23.3 Å². The second kappa shape index (κ2) is 7.53. The molecule has 0 saturated carbocycles. The Labute approximate surface area is 146 Å². The number of rotatable bonds is 4. The van der Waals surface area contributed by atoms with Crippen LogP contribution in [0, 0.1) is 0 Å². The van der Waals surface area contributed by atoms with Crippen molar-refractivity contribution in [2.24, 2.45) is 0 Å². The maximum atomic E-state index is 12.6. The third-order valence-corrected chi connectivity index (χ3v) is 4.42. The highest BCUT2D eigenvalue weighted by atomic mass is 35.5. The van der Waals surface area contributed by atoms with E-state index in [0.29, 0.717) is 30.3 Å². The molecule has 1 aromatic heterocycles. The number of piperazine rings is 1. The van der Waals surface area contributed by atoms with E-state index in [1.165, 1.54) is 0 Å². The van der Waals surface area contributed by atoms with Crippen LogP contribution in [0.2, 0.25) is 5.02 Å². The number of nitrogens with zero attached hydrogens (tertiary/aromatic N) is 3. The van der Waals surface area contributed by atoms with Crippen LogP contribution in [0.15, 0.2) is 42.6 Å². The number of carbonyl (C=O) groups is 1. The zero-order valence-electron chi connectivity index (χ0n) is 13.6. The lowest BCUT2D eigenvalue weighted by Gasteiger charge is -2.35. The van der Waals surface area contributed by atoms with Gasteiger partial charge in [0, 0.05) is 43.0 Å². The molecule has 1 aliphatic rings. The summed E-state index contributed by atoms with van der Waals surface area (Å²) in [5.74, 6) is 1.75. The van der Waals surface area contributed by atoms with E-state index in [4.69, 9.17) is 16.3 Å². The van der Waals surface area contributed by atoms with Crippen molar-refractivity contribution in [3.8, 4) is 5.75 Å². The lowest BCUT2D eigenvalue weighted by Crippen LogP contribution is -2.49. The molecule has 5 nitrogen and oxygen atoms in total. The number of carbonyl (C=O) groups excluding carboxylic acids is 1. The van der Waals surface area contributed by atoms with Gasteiger partial charge in [-0.3, -0.25) is 4.79 Å². The number of ether oxygens (including phenoxy) is 1. The fourth-order valence-electron chi connectivity index (χ4n) is 2.89. The monoisotopic (exact) mass is 345 g/mol. The Balaban J connectivity index is 1.61. The lowest BCUT2D eigenvalue weighted by molar-refractivity contribution is -0.130. The van der Waals surface area contributed by atoms with Gasteiger partial charge in [0.15, 0.2) is 0 Å². The van der Waals surface area contributed by atoms with Gasteiger partial charge in [0.2, 0.25) is 5.91 Å². The first-order valence-electron chi connectivity index (χ1n) is 7.93. The number of methoxy groups -OCH3 is 1. The molecule has 126 valence electrons. The first kappa shape index (κ1) is 16.6. The number of anilines is 1. The van der Waals surface area contributed by atoms with E-state index in [-0.39, 0.29) is 5.91 Å². The molecule has 2 aromatic rings. The Bertz CT molecular complexity index is 701. The lowest BCUT2D eigenvalue weighted by atomic mass is 10.1. The number of aromatic nitrogens is 1. The Hall–Kier alpha value is -2.27. The van der Waals surface area contributed by atoms with Crippen LogP contribution in [0.3, 0.4) is 0 Å². The molecule has 3 rings (SSSR count). The van der Waals surface area contributed by atoms with E-state index in [1.807, 2.05) is 23.1 Å². The summed E-state index contributed by atoms with van der Waals surface area (Å²) in [6.45, 7) is 2.96. The Morgan fingerprint density at radius 1 is 1.21 bits per heavy atom. The highest BCUT2D eigenvalue weighted by Crippen LogP contribution is 2.24. The van der Waals surface area contributed by atoms with E-state index in [2.05, 4.69) is 9.88 Å². The smallest absolute Gasteiger partial charge is 0.227 e. The molecule has 1 amide bonds. The van der Waals surface area contributed by atoms with E-state index in [1.54, 1.807) is 31.5 Å². The van der Waals surface area contributed by atoms with Crippen molar-refractivity contribution in [2.75, 3.05) is 38.2 Å². The van der Waals surface area contributed by atoms with Crippen molar-refractivity contribution < 1.29 is 9.53 Å². The molecule has 1 fully saturated rings. The maximum absolute atomic E-state index is 12.6. The molecule has 1 saturated heterocycles. The summed E-state index contributed by atoms with van der Waals surface area (Å²) in [5.41, 5.74) is 0.821. The molecule has 1 aliphatic heterocycles. The van der Waals surface area contributed by atoms with E-state index in [0.717, 1.165) is 24.5 Å². The van der Waals surface area contributed by atoms with Crippen molar-refractivity contribution in [1.82, 2.24) is 9.88 Å². The molecule has 24 heavy (non-hydrogen) atoms. The Morgan fingerprint density at radius 2 is 2.00 bits per heavy atom. The van der Waals surface area contributed by atoms with Gasteiger partial charge in [-0.15, -0.1) is 0 Å². The molecule has 1 aromatic carbocycles. The van der Waals surface area contributed by atoms with E-state index >= 15 is 0 Å². The number of pyridine rings is 1. The Kier molecular flexibility index (Phi) is 5.20. The summed E-state index contributed by atoms with van der Waals surface area (Å²) in [6, 6.07) is 11.2. The highest BCUT2D eigenvalue weighted by Gasteiger charge is 2.22. The summed E-state index contributed by atoms with van der Waals surface area (Å²) < 4.78 is 5.32. The minimum atomic E-state index is 0.0937. The van der Waals surface area contributed by atoms with E-state index < -0.39 is 0 Å². The molecule has 0 atom stereocenters. The van der Waals surface area contributed by atoms with Crippen LogP contribution in [0.4, 0.5) is 5.82 Å². The fraction of sp³-hybridized carbons (Fsp3) is 0.333. The number of halogens is 1. The second-order valence-corrected chi connectivity index (χ2v) is 6.13. The molecule has 0 bridgehead atoms. The van der Waals surface area contributed by atoms with Crippen molar-refractivity contribution in [3.05, 3.63) is 53.2 Å². The topological polar surface area (TPSA) is 45.7 Å². The maximum Gasteiger partial charge on any atom is 0.227 e. The fourth-order valence-corrected chi connectivity index (χ4v) is 3.08. The van der Waals surface area contributed by atoms with Gasteiger partial charge in [-0.05, 0) is 30.3 Å². The number of hydrogen-bond donors (Lipinski definition) is 0. The Morgan fingerprint density at radius 3 is 2.67 bits per heavy atom. The van der Waals surface area contributed by atoms with Gasteiger partial charge in [-0.25, -0.2) is 4.98 Å². The number of hydrogen-bond acceptors (Lipinski definition) is 4. The van der Waals surface area contributed by atoms with Gasteiger partial charge in [0.05, 0.1) is 13.5 Å². The second-order valence-electron chi connectivity index (χ2n) is 5.69. The summed E-state index contributed by atoms with van der Waals surface area (Å²) in [7, 11) is 1.60. The SMILES string of the molecule is COc1ccc(Cl)cc1CC(=O)N1CCN(c2ccccn2)CC1. The molecule has 0 radical (unpaired) electrons. The van der Waals surface area contributed by atoms with Crippen LogP contribution >= 0.6 is 11.6 Å². The molecule has 0 aliphatic carbocycles. The van der Waals surface area contributed by atoms with Gasteiger partial charge < -0.3 is 14.5 Å². The van der Waals surface area contributed by atoms with Gasteiger partial charge in [-0.2, -0.15) is 0 Å². The number of amides is 1. The van der Waals surface area contributed by atoms with Crippen LogP contribution < -0.4 is 9.64 Å². The molecular weight excluding hydrogens is 326 g/mol. The molecule has 6 heteroatoms. The standard InChI is InChI=1S/C18H20ClN3O2/c1-24-16-6-5-15(19)12-14(16)13-18(23)22-10-8-21(9-11-22)17-4-2-3-7-20-17/h2-7,12H,8-11,13H2,1H3. The summed E-state index contributed by atoms with van der Waals surface area (Å²) in [6.07, 6.45) is 2.09. The zero-order chi connectivity index (χ0) is 16.9. The van der Waals surface area contributed by atoms with Crippen LogP contribution in [-0.2, 0) is 11.2 Å². The highest BCUT2D eigenvalue weighted by molar-refractivity contribution is 6.30. The third-order valence-electron chi connectivity index (χ3n) is 4.19. The number of benzene rings is 1. The average Bonchev–Trinajstić information content (AvgIpc) is 2.63. The van der Waals surface area contributed by atoms with Gasteiger partial charge in [0.1, 0.15) is 11.6 Å². The van der Waals surface area contributed by atoms with Crippen molar-refractivity contribution in [3.63, 3.8) is 0 Å². The van der Waals surface area contributed by atoms with Crippen molar-refractivity contribution in [1.29, 1.82) is 0 Å². The van der Waals surface area contributed by atoms with Crippen molar-refractivity contribution in [2.45, 2.75) is 6.42 Å². The molecular formula is C18H20ClN3O2. The summed E-state index contributed by atoms with van der Waals surface area (Å²) in [4.78, 5) is 21.0. The van der Waals surface area contributed by atoms with E-state index in [9.17, 15) is 4.79 Å². The third kappa shape index (κ3) is 3.79. The van der Waals surface area contributed by atoms with Crippen LogP contribution in [-0.4, -0.2) is 49.1 Å². The molecule has 2 heterocycles. The average molecular weight is 346 g/mol. The normalized spacial score (nSPS) is 14.6. The van der Waals surface area contributed by atoms with Gasteiger partial charge >= 0.3 is 0 Å². The minimum Gasteiger partial charge on any atom is -0.496 e. The van der Waals surface area contributed by atoms with Crippen LogP contribution in [0.1, 0.15) is 5.56 Å². The van der Waals surface area contributed by atoms with Gasteiger partial charge in [0.25, 0.3) is 0 Å². The zero-order valence-corrected chi connectivity index (χ0v) is 14.4. The van der Waals surface area contributed by atoms with Crippen LogP contribution in [0.25, 0.3) is 0 Å². The molecule has 0 spiro atoms. The minimum absolute atomic E-state index is 0.0937. The predicted molar refractivity (Wildman–Crippen MR) is 94.7 cm³/mol. The van der Waals surface area contributed by atoms with Crippen LogP contribution in [0.5, 0.6) is 5.75 Å². The quantitative estimate of drug-likeness (QED) is 0.854. The molecule has 0 unspecified atom stereocenters. The predicted octanol–water partition coefficient (Wildman–Crippen LogP) is 2.63. The first-order chi connectivity index (χ1) is 11.7. The molecule has 0 N–H and O–H groups in total. The summed E-state index contributed by atoms with van der Waals surface area (Å²) in [5, 5.41) is 0.610. The largest absolute Gasteiger partial charge is 0.496 e. The summed E-state index contributed by atoms with van der Waals surface area (Å²) >= 11 is 6.04. The van der Waals surface area contributed by atoms with Gasteiger partial charge in [-0.1, -0.05) is 17.7 Å². The first-order valence-corrected chi connectivity index (χ1v) is 8.31.